The number of hydrogen-bond acceptors (Lipinski definition) is 3. The second kappa shape index (κ2) is 4.11. The van der Waals surface area contributed by atoms with E-state index in [-0.39, 0.29) is 5.78 Å². The highest BCUT2D eigenvalue weighted by atomic mass is 16.3. The third-order valence-corrected chi connectivity index (χ3v) is 3.04. The number of pyridine rings is 1. The monoisotopic (exact) mass is 205 g/mol. The van der Waals surface area contributed by atoms with Crippen molar-refractivity contribution >= 4 is 5.78 Å². The van der Waals surface area contributed by atoms with Gasteiger partial charge in [-0.1, -0.05) is 6.07 Å². The lowest BCUT2D eigenvalue weighted by molar-refractivity contribution is -0.136. The van der Waals surface area contributed by atoms with Crippen molar-refractivity contribution in [2.75, 3.05) is 0 Å². The molecule has 0 atom stereocenters. The Kier molecular flexibility index (Phi) is 2.82. The lowest BCUT2D eigenvalue weighted by Gasteiger charge is -2.19. The van der Waals surface area contributed by atoms with Crippen LogP contribution in [0.2, 0.25) is 0 Å². The van der Waals surface area contributed by atoms with E-state index in [0.717, 1.165) is 18.4 Å². The zero-order valence-electron chi connectivity index (χ0n) is 8.65. The number of Topliss-reactive ketones (excluding diaryl/α,β-unsaturated/α-hetero) is 1. The van der Waals surface area contributed by atoms with Gasteiger partial charge < -0.3 is 5.11 Å². The Balaban J connectivity index is 2.04. The van der Waals surface area contributed by atoms with Crippen LogP contribution >= 0.6 is 0 Å². The van der Waals surface area contributed by atoms with E-state index in [0.29, 0.717) is 19.3 Å². The molecule has 0 unspecified atom stereocenters. The van der Waals surface area contributed by atoms with Crippen molar-refractivity contribution in [1.29, 1.82) is 0 Å². The number of aromatic nitrogens is 1. The standard InChI is InChI=1S/C12H15NO2/c14-11(12(15)5-1-2-6-12)8-10-4-3-7-13-9-10/h3-4,7,9,15H,1-2,5-6,8H2. The van der Waals surface area contributed by atoms with Gasteiger partial charge in [0.2, 0.25) is 0 Å². The van der Waals surface area contributed by atoms with Gasteiger partial charge in [0, 0.05) is 18.8 Å². The molecule has 1 aromatic rings. The van der Waals surface area contributed by atoms with Gasteiger partial charge in [0.25, 0.3) is 0 Å². The van der Waals surface area contributed by atoms with Crippen molar-refractivity contribution in [3.63, 3.8) is 0 Å². The third-order valence-electron chi connectivity index (χ3n) is 3.04. The summed E-state index contributed by atoms with van der Waals surface area (Å²) in [5.41, 5.74) is -0.182. The van der Waals surface area contributed by atoms with E-state index < -0.39 is 5.60 Å². The molecule has 15 heavy (non-hydrogen) atoms. The van der Waals surface area contributed by atoms with Crippen molar-refractivity contribution in [2.24, 2.45) is 0 Å². The summed E-state index contributed by atoms with van der Waals surface area (Å²) in [4.78, 5) is 15.8. The first-order valence-corrected chi connectivity index (χ1v) is 5.35. The summed E-state index contributed by atoms with van der Waals surface area (Å²) in [5.74, 6) is -0.0620. The molecule has 1 aliphatic rings. The Labute approximate surface area is 89.2 Å². The Morgan fingerprint density at radius 1 is 1.47 bits per heavy atom. The van der Waals surface area contributed by atoms with Gasteiger partial charge in [-0.2, -0.15) is 0 Å². The molecule has 80 valence electrons. The van der Waals surface area contributed by atoms with E-state index in [1.54, 1.807) is 18.5 Å². The first-order valence-electron chi connectivity index (χ1n) is 5.35. The van der Waals surface area contributed by atoms with E-state index in [1.807, 2.05) is 6.07 Å². The Hall–Kier alpha value is -1.22. The number of hydrogen-bond donors (Lipinski definition) is 1. The van der Waals surface area contributed by atoms with E-state index in [9.17, 15) is 9.90 Å². The van der Waals surface area contributed by atoms with Crippen LogP contribution in [0.3, 0.4) is 0 Å². The first-order chi connectivity index (χ1) is 7.21. The van der Waals surface area contributed by atoms with E-state index in [2.05, 4.69) is 4.98 Å². The predicted octanol–water partition coefficient (Wildman–Crippen LogP) is 1.50. The molecule has 0 amide bonds. The molecule has 0 aliphatic heterocycles. The minimum absolute atomic E-state index is 0.0620. The van der Waals surface area contributed by atoms with Crippen LogP contribution in [0.25, 0.3) is 0 Å². The molecule has 0 spiro atoms. The van der Waals surface area contributed by atoms with Gasteiger partial charge in [-0.3, -0.25) is 9.78 Å². The van der Waals surface area contributed by atoms with Crippen LogP contribution in [0, 0.1) is 0 Å². The second-order valence-electron chi connectivity index (χ2n) is 4.20. The zero-order chi connectivity index (χ0) is 10.7. The SMILES string of the molecule is O=C(Cc1cccnc1)C1(O)CCCC1. The maximum absolute atomic E-state index is 11.9. The van der Waals surface area contributed by atoms with Crippen molar-refractivity contribution in [2.45, 2.75) is 37.7 Å². The quantitative estimate of drug-likeness (QED) is 0.813. The molecule has 1 fully saturated rings. The summed E-state index contributed by atoms with van der Waals surface area (Å²) in [7, 11) is 0. The normalized spacial score (nSPS) is 19.0. The number of carbonyl (C=O) groups is 1. The topological polar surface area (TPSA) is 50.2 Å². The number of carbonyl (C=O) groups excluding carboxylic acids is 1. The molecule has 1 saturated carbocycles. The zero-order valence-corrected chi connectivity index (χ0v) is 8.65. The van der Waals surface area contributed by atoms with Crippen molar-refractivity contribution < 1.29 is 9.90 Å². The van der Waals surface area contributed by atoms with E-state index >= 15 is 0 Å². The molecule has 0 aromatic carbocycles. The number of nitrogens with zero attached hydrogens (tertiary/aromatic N) is 1. The maximum Gasteiger partial charge on any atom is 0.168 e. The fourth-order valence-electron chi connectivity index (χ4n) is 2.09. The lowest BCUT2D eigenvalue weighted by Crippen LogP contribution is -2.36. The summed E-state index contributed by atoms with van der Waals surface area (Å²) in [6.07, 6.45) is 6.79. The summed E-state index contributed by atoms with van der Waals surface area (Å²) >= 11 is 0. The summed E-state index contributed by atoms with van der Waals surface area (Å²) in [6, 6.07) is 3.67. The highest BCUT2D eigenvalue weighted by Gasteiger charge is 2.37. The highest BCUT2D eigenvalue weighted by molar-refractivity contribution is 5.89. The molecule has 3 heteroatoms. The number of rotatable bonds is 3. The molecule has 1 heterocycles. The van der Waals surface area contributed by atoms with Crippen LogP contribution in [0.4, 0.5) is 0 Å². The Morgan fingerprint density at radius 3 is 2.80 bits per heavy atom. The van der Waals surface area contributed by atoms with Gasteiger partial charge in [-0.15, -0.1) is 0 Å². The van der Waals surface area contributed by atoms with Crippen LogP contribution < -0.4 is 0 Å². The molecule has 0 radical (unpaired) electrons. The van der Waals surface area contributed by atoms with Crippen LogP contribution in [0.1, 0.15) is 31.2 Å². The summed E-state index contributed by atoms with van der Waals surface area (Å²) in [5, 5.41) is 10.1. The van der Waals surface area contributed by atoms with Gasteiger partial charge in [0.15, 0.2) is 5.78 Å². The van der Waals surface area contributed by atoms with Crippen LogP contribution in [-0.2, 0) is 11.2 Å². The fraction of sp³-hybridized carbons (Fsp3) is 0.500. The molecular weight excluding hydrogens is 190 g/mol. The molecule has 1 aromatic heterocycles. The van der Waals surface area contributed by atoms with E-state index in [1.165, 1.54) is 0 Å². The molecule has 2 rings (SSSR count). The van der Waals surface area contributed by atoms with Gasteiger partial charge >= 0.3 is 0 Å². The van der Waals surface area contributed by atoms with Crippen LogP contribution in [0.5, 0.6) is 0 Å². The molecular formula is C12H15NO2. The average Bonchev–Trinajstić information content (AvgIpc) is 2.68. The molecule has 3 nitrogen and oxygen atoms in total. The maximum atomic E-state index is 11.9. The van der Waals surface area contributed by atoms with Crippen molar-refractivity contribution in [1.82, 2.24) is 4.98 Å². The Morgan fingerprint density at radius 2 is 2.20 bits per heavy atom. The van der Waals surface area contributed by atoms with Gasteiger partial charge in [0.1, 0.15) is 5.60 Å². The minimum atomic E-state index is -1.06. The number of aliphatic hydroxyl groups is 1. The summed E-state index contributed by atoms with van der Waals surface area (Å²) in [6.45, 7) is 0. The smallest absolute Gasteiger partial charge is 0.168 e. The minimum Gasteiger partial charge on any atom is -0.382 e. The van der Waals surface area contributed by atoms with Crippen molar-refractivity contribution in [3.05, 3.63) is 30.1 Å². The molecule has 0 bridgehead atoms. The van der Waals surface area contributed by atoms with Gasteiger partial charge in [-0.25, -0.2) is 0 Å². The Bertz CT molecular complexity index is 342. The van der Waals surface area contributed by atoms with Crippen LogP contribution in [-0.4, -0.2) is 21.5 Å². The molecule has 0 saturated heterocycles. The summed E-state index contributed by atoms with van der Waals surface area (Å²) < 4.78 is 0. The van der Waals surface area contributed by atoms with E-state index in [4.69, 9.17) is 0 Å². The lowest BCUT2D eigenvalue weighted by atomic mass is 9.92. The highest BCUT2D eigenvalue weighted by Crippen LogP contribution is 2.31. The largest absolute Gasteiger partial charge is 0.382 e. The fourth-order valence-corrected chi connectivity index (χ4v) is 2.09. The molecule has 1 aliphatic carbocycles. The number of ketones is 1. The van der Waals surface area contributed by atoms with Crippen LogP contribution in [0.15, 0.2) is 24.5 Å². The molecule has 1 N–H and O–H groups in total. The third kappa shape index (κ3) is 2.23. The second-order valence-corrected chi connectivity index (χ2v) is 4.20. The first kappa shape index (κ1) is 10.3. The average molecular weight is 205 g/mol. The van der Waals surface area contributed by atoms with Crippen molar-refractivity contribution in [3.8, 4) is 0 Å². The predicted molar refractivity (Wildman–Crippen MR) is 56.4 cm³/mol. The van der Waals surface area contributed by atoms with Gasteiger partial charge in [0.05, 0.1) is 0 Å². The van der Waals surface area contributed by atoms with Gasteiger partial charge in [-0.05, 0) is 37.3 Å².